The Morgan fingerprint density at radius 1 is 1.33 bits per heavy atom. The summed E-state index contributed by atoms with van der Waals surface area (Å²) in [6.45, 7) is 9.56. The molecule has 10 heteroatoms. The van der Waals surface area contributed by atoms with Crippen LogP contribution in [0, 0.1) is 0 Å². The van der Waals surface area contributed by atoms with Crippen molar-refractivity contribution in [1.82, 2.24) is 25.8 Å². The van der Waals surface area contributed by atoms with E-state index >= 15 is 0 Å². The Hall–Kier alpha value is -1.95. The molecule has 2 aromatic rings. The highest BCUT2D eigenvalue weighted by molar-refractivity contribution is 14.0. The Balaban J connectivity index is 0.00000320. The third-order valence-corrected chi connectivity index (χ3v) is 4.79. The predicted molar refractivity (Wildman–Crippen MR) is 127 cm³/mol. The predicted octanol–water partition coefficient (Wildman–Crippen LogP) is 2.90. The summed E-state index contributed by atoms with van der Waals surface area (Å²) in [5, 5.41) is 10.8. The Morgan fingerprint density at radius 2 is 2.13 bits per heavy atom. The monoisotopic (exact) mass is 529 g/mol. The molecule has 0 radical (unpaired) electrons. The second-order valence-electron chi connectivity index (χ2n) is 6.93. The number of pyridine rings is 1. The van der Waals surface area contributed by atoms with Gasteiger partial charge in [0, 0.05) is 38.5 Å². The Kier molecular flexibility index (Phi) is 10.3. The van der Waals surface area contributed by atoms with Gasteiger partial charge in [0.1, 0.15) is 18.5 Å². The van der Waals surface area contributed by atoms with Crippen molar-refractivity contribution in [3.8, 4) is 0 Å². The summed E-state index contributed by atoms with van der Waals surface area (Å²) < 4.78 is 10.8. The van der Waals surface area contributed by atoms with Gasteiger partial charge >= 0.3 is 0 Å². The zero-order valence-corrected chi connectivity index (χ0v) is 20.2. The van der Waals surface area contributed by atoms with Crippen LogP contribution in [0.3, 0.4) is 0 Å². The van der Waals surface area contributed by atoms with E-state index in [0.717, 1.165) is 44.3 Å². The number of aromatic nitrogens is 3. The highest BCUT2D eigenvalue weighted by Crippen LogP contribution is 2.17. The molecule has 1 aliphatic heterocycles. The van der Waals surface area contributed by atoms with Gasteiger partial charge in [0.05, 0.1) is 0 Å². The summed E-state index contributed by atoms with van der Waals surface area (Å²) in [5.41, 5.74) is 0. The Labute approximate surface area is 195 Å². The second-order valence-corrected chi connectivity index (χ2v) is 6.93. The summed E-state index contributed by atoms with van der Waals surface area (Å²) >= 11 is 0. The van der Waals surface area contributed by atoms with Gasteiger partial charge < -0.3 is 24.8 Å². The molecule has 166 valence electrons. The Bertz CT molecular complexity index is 764. The summed E-state index contributed by atoms with van der Waals surface area (Å²) in [6, 6.07) is 6.40. The maximum Gasteiger partial charge on any atom is 0.248 e. The number of rotatable bonds is 8. The number of nitrogens with one attached hydrogen (secondary N) is 2. The Morgan fingerprint density at radius 3 is 2.80 bits per heavy atom. The van der Waals surface area contributed by atoms with E-state index in [1.54, 1.807) is 0 Å². The van der Waals surface area contributed by atoms with Crippen molar-refractivity contribution in [2.45, 2.75) is 52.3 Å². The zero-order valence-electron chi connectivity index (χ0n) is 17.9. The van der Waals surface area contributed by atoms with Crippen molar-refractivity contribution in [3.05, 3.63) is 36.1 Å². The minimum Gasteiger partial charge on any atom is -0.371 e. The van der Waals surface area contributed by atoms with E-state index in [1.165, 1.54) is 0 Å². The molecule has 0 amide bonds. The fourth-order valence-corrected chi connectivity index (χ4v) is 3.28. The average molecular weight is 529 g/mol. The van der Waals surface area contributed by atoms with Crippen molar-refractivity contribution in [2.24, 2.45) is 4.99 Å². The first kappa shape index (κ1) is 24.3. The van der Waals surface area contributed by atoms with E-state index in [-0.39, 0.29) is 30.1 Å². The molecule has 9 nitrogen and oxygen atoms in total. The molecule has 1 fully saturated rings. The number of anilines is 1. The van der Waals surface area contributed by atoms with Crippen LogP contribution in [0.2, 0.25) is 0 Å². The maximum atomic E-state index is 5.49. The molecule has 1 aliphatic rings. The molecule has 30 heavy (non-hydrogen) atoms. The first-order valence-corrected chi connectivity index (χ1v) is 10.3. The number of hydrogen-bond acceptors (Lipinski definition) is 7. The lowest BCUT2D eigenvalue weighted by Gasteiger charge is -2.33. The fraction of sp³-hybridized carbons (Fsp3) is 0.600. The number of halogens is 1. The first-order chi connectivity index (χ1) is 14.2. The first-order valence-electron chi connectivity index (χ1n) is 10.3. The molecule has 0 aliphatic carbocycles. The number of ether oxygens (including phenoxy) is 1. The second kappa shape index (κ2) is 12.7. The van der Waals surface area contributed by atoms with Gasteiger partial charge in [-0.1, -0.05) is 11.2 Å². The van der Waals surface area contributed by atoms with Gasteiger partial charge in [-0.15, -0.1) is 24.0 Å². The average Bonchev–Trinajstić information content (AvgIpc) is 3.23. The number of piperidine rings is 1. The van der Waals surface area contributed by atoms with Crippen LogP contribution in [-0.4, -0.2) is 53.4 Å². The van der Waals surface area contributed by atoms with Crippen molar-refractivity contribution >= 4 is 35.8 Å². The van der Waals surface area contributed by atoms with E-state index in [9.17, 15) is 0 Å². The fourth-order valence-electron chi connectivity index (χ4n) is 3.28. The molecule has 3 rings (SSSR count). The molecule has 0 spiro atoms. The lowest BCUT2D eigenvalue weighted by Crippen LogP contribution is -2.48. The van der Waals surface area contributed by atoms with Gasteiger partial charge in [0.2, 0.25) is 5.89 Å². The molecule has 2 aromatic heterocycles. The molecule has 1 saturated heterocycles. The number of nitrogens with zero attached hydrogens (tertiary/aromatic N) is 5. The van der Waals surface area contributed by atoms with Crippen LogP contribution in [-0.2, 0) is 11.3 Å². The van der Waals surface area contributed by atoms with Crippen LogP contribution in [0.5, 0.6) is 0 Å². The molecule has 2 N–H and O–H groups in total. The van der Waals surface area contributed by atoms with E-state index in [4.69, 9.17) is 9.26 Å². The summed E-state index contributed by atoms with van der Waals surface area (Å²) in [6.07, 6.45) is 3.71. The molecule has 1 unspecified atom stereocenters. The third-order valence-electron chi connectivity index (χ3n) is 4.79. The smallest absolute Gasteiger partial charge is 0.248 e. The lowest BCUT2D eigenvalue weighted by atomic mass is 10.1. The summed E-state index contributed by atoms with van der Waals surface area (Å²) in [4.78, 5) is 15.7. The highest BCUT2D eigenvalue weighted by Gasteiger charge is 2.21. The highest BCUT2D eigenvalue weighted by atomic mass is 127. The quantitative estimate of drug-likeness (QED) is 0.306. The maximum absolute atomic E-state index is 5.49. The van der Waals surface area contributed by atoms with Crippen LogP contribution < -0.4 is 15.5 Å². The van der Waals surface area contributed by atoms with E-state index in [1.807, 2.05) is 32.2 Å². The van der Waals surface area contributed by atoms with Crippen LogP contribution in [0.25, 0.3) is 0 Å². The lowest BCUT2D eigenvalue weighted by molar-refractivity contribution is 0.0683. The molecule has 1 atom stereocenters. The van der Waals surface area contributed by atoms with Crippen molar-refractivity contribution in [3.63, 3.8) is 0 Å². The normalized spacial score (nSPS) is 16.1. The van der Waals surface area contributed by atoms with Gasteiger partial charge in [-0.25, -0.2) is 9.98 Å². The van der Waals surface area contributed by atoms with Gasteiger partial charge in [-0.2, -0.15) is 4.98 Å². The zero-order chi connectivity index (χ0) is 20.5. The number of hydrogen-bond donors (Lipinski definition) is 2. The van der Waals surface area contributed by atoms with Gasteiger partial charge in [-0.05, 0) is 45.7 Å². The minimum atomic E-state index is -0.183. The van der Waals surface area contributed by atoms with Crippen molar-refractivity contribution < 1.29 is 9.26 Å². The molecular weight excluding hydrogens is 497 g/mol. The van der Waals surface area contributed by atoms with Gasteiger partial charge in [-0.3, -0.25) is 0 Å². The summed E-state index contributed by atoms with van der Waals surface area (Å²) in [7, 11) is 0. The standard InChI is InChI=1S/C20H31N7O2.HI/c1-4-21-20(23-14-18-25-19(26-29-18)15(3)28-5-2)24-16-9-12-27(13-10-16)17-8-6-7-11-22-17;/h6-8,11,15-16H,4-5,9-10,12-14H2,1-3H3,(H2,21,23,24);1H. The summed E-state index contributed by atoms with van der Waals surface area (Å²) in [5.74, 6) is 2.84. The van der Waals surface area contributed by atoms with Crippen LogP contribution in [0.4, 0.5) is 5.82 Å². The van der Waals surface area contributed by atoms with E-state index < -0.39 is 0 Å². The van der Waals surface area contributed by atoms with Gasteiger partial charge in [0.15, 0.2) is 11.8 Å². The molecule has 0 bridgehead atoms. The molecular formula is C20H32IN7O2. The van der Waals surface area contributed by atoms with Crippen molar-refractivity contribution in [2.75, 3.05) is 31.1 Å². The van der Waals surface area contributed by atoms with E-state index in [0.29, 0.717) is 30.9 Å². The third kappa shape index (κ3) is 7.08. The SMILES string of the molecule is CCNC(=NCc1nc(C(C)OCC)no1)NC1CCN(c2ccccn2)CC1.I. The number of aliphatic imine (C=N–C) groups is 1. The van der Waals surface area contributed by atoms with Crippen LogP contribution in [0.1, 0.15) is 51.4 Å². The topological polar surface area (TPSA) is 101 Å². The van der Waals surface area contributed by atoms with Crippen LogP contribution in [0.15, 0.2) is 33.9 Å². The van der Waals surface area contributed by atoms with Crippen molar-refractivity contribution in [1.29, 1.82) is 0 Å². The molecule has 0 saturated carbocycles. The number of guanidine groups is 1. The van der Waals surface area contributed by atoms with Gasteiger partial charge in [0.25, 0.3) is 0 Å². The van der Waals surface area contributed by atoms with Crippen LogP contribution >= 0.6 is 24.0 Å². The van der Waals surface area contributed by atoms with E-state index in [2.05, 4.69) is 48.6 Å². The molecule has 0 aromatic carbocycles. The largest absolute Gasteiger partial charge is 0.371 e. The molecule has 3 heterocycles. The minimum absolute atomic E-state index is 0.